The first kappa shape index (κ1) is 16.1. The number of benzene rings is 1. The molecule has 1 saturated carbocycles. The first-order valence-electron chi connectivity index (χ1n) is 7.97. The summed E-state index contributed by atoms with van der Waals surface area (Å²) in [5, 5.41) is 19.3. The van der Waals surface area contributed by atoms with Crippen molar-refractivity contribution in [3.63, 3.8) is 0 Å². The number of rotatable bonds is 5. The van der Waals surface area contributed by atoms with Gasteiger partial charge in [0, 0.05) is 10.8 Å². The number of aliphatic hydroxyl groups is 1. The van der Waals surface area contributed by atoms with Gasteiger partial charge >= 0.3 is 0 Å². The fourth-order valence-electron chi connectivity index (χ4n) is 2.77. The van der Waals surface area contributed by atoms with E-state index in [0.717, 1.165) is 37.0 Å². The molecule has 23 heavy (non-hydrogen) atoms. The molecule has 1 aromatic carbocycles. The Morgan fingerprint density at radius 3 is 2.70 bits per heavy atom. The van der Waals surface area contributed by atoms with Crippen LogP contribution >= 0.6 is 11.8 Å². The van der Waals surface area contributed by atoms with Gasteiger partial charge in [0.15, 0.2) is 5.82 Å². The molecule has 0 aliphatic heterocycles. The molecule has 1 fully saturated rings. The summed E-state index contributed by atoms with van der Waals surface area (Å²) < 4.78 is 6.94. The molecule has 7 heteroatoms. The first-order chi connectivity index (χ1) is 11.2. The molecule has 6 nitrogen and oxygen atoms in total. The van der Waals surface area contributed by atoms with Crippen molar-refractivity contribution in [2.24, 2.45) is 0 Å². The third-order valence-electron chi connectivity index (χ3n) is 4.01. The van der Waals surface area contributed by atoms with Crippen LogP contribution in [0.4, 0.5) is 0 Å². The molecule has 2 unspecified atom stereocenters. The van der Waals surface area contributed by atoms with Gasteiger partial charge in [-0.2, -0.15) is 0 Å². The predicted octanol–water partition coefficient (Wildman–Crippen LogP) is 2.45. The highest BCUT2D eigenvalue weighted by atomic mass is 32.2. The van der Waals surface area contributed by atoms with Crippen LogP contribution in [0, 0.1) is 0 Å². The third kappa shape index (κ3) is 3.61. The number of ether oxygens (including phenoxy) is 1. The number of aliphatic hydroxyl groups excluding tert-OH is 1. The lowest BCUT2D eigenvalue weighted by Gasteiger charge is -2.26. The van der Waals surface area contributed by atoms with E-state index >= 15 is 0 Å². The van der Waals surface area contributed by atoms with Crippen molar-refractivity contribution in [1.82, 2.24) is 14.9 Å². The van der Waals surface area contributed by atoms with E-state index in [-0.39, 0.29) is 11.4 Å². The summed E-state index contributed by atoms with van der Waals surface area (Å²) in [7, 11) is 0. The zero-order valence-electron chi connectivity index (χ0n) is 13.2. The van der Waals surface area contributed by atoms with Gasteiger partial charge in [-0.3, -0.25) is 0 Å². The largest absolute Gasteiger partial charge is 0.494 e. The van der Waals surface area contributed by atoms with Crippen molar-refractivity contribution in [2.45, 2.75) is 49.1 Å². The standard InChI is InChI=1S/C16H22N4O2S/c1-2-22-12-9-7-11(8-10-12)15-18-19-16(20(15)17)23-14-6-4-3-5-13(14)21/h7-10,13-14,21H,2-6,17H2,1H3. The molecular weight excluding hydrogens is 312 g/mol. The van der Waals surface area contributed by atoms with Crippen LogP contribution < -0.4 is 10.6 Å². The maximum Gasteiger partial charge on any atom is 0.210 e. The van der Waals surface area contributed by atoms with Crippen LogP contribution in [-0.2, 0) is 0 Å². The van der Waals surface area contributed by atoms with Gasteiger partial charge in [-0.05, 0) is 44.0 Å². The molecule has 0 amide bonds. The Labute approximate surface area is 140 Å². The van der Waals surface area contributed by atoms with Crippen molar-refractivity contribution in [1.29, 1.82) is 0 Å². The molecule has 0 spiro atoms. The van der Waals surface area contributed by atoms with Gasteiger partial charge in [-0.1, -0.05) is 24.6 Å². The Bertz CT molecular complexity index is 644. The molecule has 1 aliphatic rings. The molecule has 1 aromatic heterocycles. The van der Waals surface area contributed by atoms with Crippen molar-refractivity contribution in [3.05, 3.63) is 24.3 Å². The summed E-state index contributed by atoms with van der Waals surface area (Å²) in [5.74, 6) is 7.58. The zero-order valence-corrected chi connectivity index (χ0v) is 14.0. The number of nitrogen functional groups attached to an aromatic ring is 1. The lowest BCUT2D eigenvalue weighted by atomic mass is 9.97. The Morgan fingerprint density at radius 1 is 1.26 bits per heavy atom. The Hall–Kier alpha value is -1.73. The van der Waals surface area contributed by atoms with Crippen LogP contribution in [0.25, 0.3) is 11.4 Å². The number of nitrogens with zero attached hydrogens (tertiary/aromatic N) is 3. The monoisotopic (exact) mass is 334 g/mol. The lowest BCUT2D eigenvalue weighted by molar-refractivity contribution is 0.137. The number of hydrogen-bond donors (Lipinski definition) is 2. The van der Waals surface area contributed by atoms with Crippen molar-refractivity contribution < 1.29 is 9.84 Å². The molecule has 2 aromatic rings. The molecule has 0 saturated heterocycles. The number of thioether (sulfide) groups is 1. The van der Waals surface area contributed by atoms with Crippen LogP contribution in [0.3, 0.4) is 0 Å². The van der Waals surface area contributed by atoms with Gasteiger partial charge in [0.05, 0.1) is 12.7 Å². The van der Waals surface area contributed by atoms with E-state index in [1.165, 1.54) is 16.4 Å². The summed E-state index contributed by atoms with van der Waals surface area (Å²) in [6.07, 6.45) is 3.77. The summed E-state index contributed by atoms with van der Waals surface area (Å²) in [6.45, 7) is 2.59. The second-order valence-corrected chi connectivity index (χ2v) is 6.85. The summed E-state index contributed by atoms with van der Waals surface area (Å²) in [4.78, 5) is 0. The summed E-state index contributed by atoms with van der Waals surface area (Å²) in [6, 6.07) is 7.63. The summed E-state index contributed by atoms with van der Waals surface area (Å²) in [5.41, 5.74) is 0.888. The van der Waals surface area contributed by atoms with Crippen molar-refractivity contribution in [3.8, 4) is 17.1 Å². The number of nitrogens with two attached hydrogens (primary N) is 1. The highest BCUT2D eigenvalue weighted by molar-refractivity contribution is 7.99. The SMILES string of the molecule is CCOc1ccc(-c2nnc(SC3CCCCC3O)n2N)cc1. The van der Waals surface area contributed by atoms with Crippen LogP contribution in [0.2, 0.25) is 0 Å². The molecule has 3 N–H and O–H groups in total. The van der Waals surface area contributed by atoms with Crippen LogP contribution in [0.15, 0.2) is 29.4 Å². The summed E-state index contributed by atoms with van der Waals surface area (Å²) >= 11 is 1.52. The molecule has 2 atom stereocenters. The lowest BCUT2D eigenvalue weighted by Crippen LogP contribution is -2.27. The van der Waals surface area contributed by atoms with Gasteiger partial charge < -0.3 is 15.7 Å². The van der Waals surface area contributed by atoms with Gasteiger partial charge in [-0.25, -0.2) is 4.68 Å². The molecule has 1 aliphatic carbocycles. The van der Waals surface area contributed by atoms with E-state index in [2.05, 4.69) is 10.2 Å². The van der Waals surface area contributed by atoms with Gasteiger partial charge in [0.1, 0.15) is 5.75 Å². The molecular formula is C16H22N4O2S. The predicted molar refractivity (Wildman–Crippen MR) is 90.9 cm³/mol. The van der Waals surface area contributed by atoms with E-state index < -0.39 is 0 Å². The van der Waals surface area contributed by atoms with E-state index in [4.69, 9.17) is 10.6 Å². The van der Waals surface area contributed by atoms with Crippen LogP contribution in [0.1, 0.15) is 32.6 Å². The molecule has 1 heterocycles. The van der Waals surface area contributed by atoms with Gasteiger partial charge in [0.2, 0.25) is 5.16 Å². The maximum absolute atomic E-state index is 10.1. The average Bonchev–Trinajstić information content (AvgIpc) is 2.92. The van der Waals surface area contributed by atoms with Crippen LogP contribution in [-0.4, -0.2) is 37.9 Å². The molecule has 0 bridgehead atoms. The number of hydrogen-bond acceptors (Lipinski definition) is 6. The van der Waals surface area contributed by atoms with E-state index in [1.54, 1.807) is 0 Å². The zero-order chi connectivity index (χ0) is 16.2. The highest BCUT2D eigenvalue weighted by Gasteiger charge is 2.26. The van der Waals surface area contributed by atoms with Gasteiger partial charge in [-0.15, -0.1) is 10.2 Å². The Kier molecular flexibility index (Phi) is 5.07. The second-order valence-electron chi connectivity index (χ2n) is 5.64. The van der Waals surface area contributed by atoms with Crippen LogP contribution in [0.5, 0.6) is 5.75 Å². The Balaban J connectivity index is 1.76. The maximum atomic E-state index is 10.1. The fraction of sp³-hybridized carbons (Fsp3) is 0.500. The van der Waals surface area contributed by atoms with Crippen molar-refractivity contribution >= 4 is 11.8 Å². The first-order valence-corrected chi connectivity index (χ1v) is 8.85. The minimum absolute atomic E-state index is 0.142. The topological polar surface area (TPSA) is 86.2 Å². The molecule has 3 rings (SSSR count). The minimum atomic E-state index is -0.292. The normalized spacial score (nSPS) is 21.3. The number of aromatic nitrogens is 3. The van der Waals surface area contributed by atoms with Crippen molar-refractivity contribution in [2.75, 3.05) is 12.4 Å². The molecule has 124 valence electrons. The fourth-order valence-corrected chi connectivity index (χ4v) is 3.91. The highest BCUT2D eigenvalue weighted by Crippen LogP contribution is 2.33. The quantitative estimate of drug-likeness (QED) is 0.817. The molecule has 0 radical (unpaired) electrons. The average molecular weight is 334 g/mol. The smallest absolute Gasteiger partial charge is 0.210 e. The van der Waals surface area contributed by atoms with E-state index in [0.29, 0.717) is 17.6 Å². The van der Waals surface area contributed by atoms with Gasteiger partial charge in [0.25, 0.3) is 0 Å². The van der Waals surface area contributed by atoms with E-state index in [9.17, 15) is 5.11 Å². The third-order valence-corrected chi connectivity index (χ3v) is 5.35. The second kappa shape index (κ2) is 7.23. The minimum Gasteiger partial charge on any atom is -0.494 e. The van der Waals surface area contributed by atoms with E-state index in [1.807, 2.05) is 31.2 Å². The Morgan fingerprint density at radius 2 is 2.00 bits per heavy atom.